The second-order valence-electron chi connectivity index (χ2n) is 6.13. The topological polar surface area (TPSA) is 15.3 Å². The molecular formula is C16H24N2. The second-order valence-corrected chi connectivity index (χ2v) is 6.13. The maximum atomic E-state index is 3.63. The van der Waals surface area contributed by atoms with Gasteiger partial charge in [0.1, 0.15) is 0 Å². The first-order valence-electron chi connectivity index (χ1n) is 7.29. The van der Waals surface area contributed by atoms with Crippen LogP contribution in [0.2, 0.25) is 0 Å². The van der Waals surface area contributed by atoms with Crippen LogP contribution in [0.15, 0.2) is 24.3 Å². The fourth-order valence-corrected chi connectivity index (χ4v) is 3.01. The number of aryl methyl sites for hydroxylation is 1. The molecule has 1 N–H and O–H groups in total. The molecule has 1 aliphatic heterocycles. The van der Waals surface area contributed by atoms with Crippen molar-refractivity contribution < 1.29 is 0 Å². The molecule has 98 valence electrons. The molecule has 1 aromatic rings. The summed E-state index contributed by atoms with van der Waals surface area (Å²) in [6.07, 6.45) is 3.92. The fourth-order valence-electron chi connectivity index (χ4n) is 3.01. The summed E-state index contributed by atoms with van der Waals surface area (Å²) in [5, 5.41) is 3.63. The van der Waals surface area contributed by atoms with Crippen LogP contribution < -0.4 is 10.2 Å². The Balaban J connectivity index is 1.82. The summed E-state index contributed by atoms with van der Waals surface area (Å²) in [6.45, 7) is 8.10. The molecule has 0 bridgehead atoms. The van der Waals surface area contributed by atoms with E-state index in [9.17, 15) is 0 Å². The van der Waals surface area contributed by atoms with Crippen molar-refractivity contribution in [2.45, 2.75) is 39.2 Å². The highest BCUT2D eigenvalue weighted by Gasteiger charge is 2.45. The van der Waals surface area contributed by atoms with Crippen LogP contribution in [0.5, 0.6) is 0 Å². The van der Waals surface area contributed by atoms with Gasteiger partial charge in [-0.05, 0) is 43.9 Å². The van der Waals surface area contributed by atoms with Gasteiger partial charge in [0.15, 0.2) is 0 Å². The first-order valence-corrected chi connectivity index (χ1v) is 7.29. The maximum Gasteiger partial charge on any atom is 0.0386 e. The molecule has 2 heteroatoms. The summed E-state index contributed by atoms with van der Waals surface area (Å²) in [5.41, 5.74) is 3.41. The first-order chi connectivity index (χ1) is 8.72. The van der Waals surface area contributed by atoms with E-state index in [1.807, 2.05) is 0 Å². The Kier molecular flexibility index (Phi) is 3.06. The summed E-state index contributed by atoms with van der Waals surface area (Å²) in [6, 6.07) is 9.75. The second kappa shape index (κ2) is 4.58. The van der Waals surface area contributed by atoms with E-state index in [1.165, 1.54) is 37.2 Å². The molecule has 1 saturated heterocycles. The SMILES string of the molecule is CCc1ccc(N2CC3(CC3)CNCC2C)cc1. The van der Waals surface area contributed by atoms with E-state index in [4.69, 9.17) is 0 Å². The molecule has 2 aliphatic rings. The lowest BCUT2D eigenvalue weighted by Gasteiger charge is -2.31. The van der Waals surface area contributed by atoms with E-state index in [0.29, 0.717) is 11.5 Å². The average Bonchev–Trinajstić information content (AvgIpc) is 3.18. The zero-order valence-corrected chi connectivity index (χ0v) is 11.6. The number of hydrogen-bond donors (Lipinski definition) is 1. The lowest BCUT2D eigenvalue weighted by Crippen LogP contribution is -2.38. The number of benzene rings is 1. The fraction of sp³-hybridized carbons (Fsp3) is 0.625. The molecule has 1 saturated carbocycles. The minimum Gasteiger partial charge on any atom is -0.367 e. The van der Waals surface area contributed by atoms with Crippen molar-refractivity contribution in [3.63, 3.8) is 0 Å². The largest absolute Gasteiger partial charge is 0.367 e. The molecule has 2 nitrogen and oxygen atoms in total. The monoisotopic (exact) mass is 244 g/mol. The molecule has 2 fully saturated rings. The summed E-state index contributed by atoms with van der Waals surface area (Å²) in [4.78, 5) is 2.60. The predicted molar refractivity (Wildman–Crippen MR) is 77.2 cm³/mol. The Labute approximate surface area is 110 Å². The molecule has 1 spiro atoms. The summed E-state index contributed by atoms with van der Waals surface area (Å²) < 4.78 is 0. The molecule has 1 aromatic carbocycles. The van der Waals surface area contributed by atoms with Gasteiger partial charge in [0, 0.05) is 36.8 Å². The molecule has 3 rings (SSSR count). The highest BCUT2D eigenvalue weighted by atomic mass is 15.2. The number of rotatable bonds is 2. The van der Waals surface area contributed by atoms with Gasteiger partial charge in [-0.3, -0.25) is 0 Å². The van der Waals surface area contributed by atoms with Crippen molar-refractivity contribution in [1.82, 2.24) is 5.32 Å². The van der Waals surface area contributed by atoms with Crippen LogP contribution in [0.4, 0.5) is 5.69 Å². The average molecular weight is 244 g/mol. The van der Waals surface area contributed by atoms with E-state index >= 15 is 0 Å². The smallest absolute Gasteiger partial charge is 0.0386 e. The van der Waals surface area contributed by atoms with Gasteiger partial charge in [0.25, 0.3) is 0 Å². The minimum absolute atomic E-state index is 0.578. The third kappa shape index (κ3) is 2.26. The third-order valence-electron chi connectivity index (χ3n) is 4.61. The van der Waals surface area contributed by atoms with Crippen molar-refractivity contribution in [3.05, 3.63) is 29.8 Å². The van der Waals surface area contributed by atoms with Gasteiger partial charge >= 0.3 is 0 Å². The lowest BCUT2D eigenvalue weighted by molar-refractivity contribution is 0.500. The molecular weight excluding hydrogens is 220 g/mol. The molecule has 18 heavy (non-hydrogen) atoms. The van der Waals surface area contributed by atoms with Gasteiger partial charge in [-0.2, -0.15) is 0 Å². The molecule has 1 atom stereocenters. The normalized spacial score (nSPS) is 26.1. The Bertz CT molecular complexity index is 406. The van der Waals surface area contributed by atoms with Gasteiger partial charge in [0.2, 0.25) is 0 Å². The third-order valence-corrected chi connectivity index (χ3v) is 4.61. The molecule has 0 radical (unpaired) electrons. The van der Waals surface area contributed by atoms with Crippen molar-refractivity contribution in [2.24, 2.45) is 5.41 Å². The van der Waals surface area contributed by atoms with Crippen molar-refractivity contribution >= 4 is 5.69 Å². The number of nitrogens with zero attached hydrogens (tertiary/aromatic N) is 1. The number of anilines is 1. The van der Waals surface area contributed by atoms with E-state index in [-0.39, 0.29) is 0 Å². The Morgan fingerprint density at radius 1 is 1.28 bits per heavy atom. The minimum atomic E-state index is 0.578. The van der Waals surface area contributed by atoms with Crippen molar-refractivity contribution in [1.29, 1.82) is 0 Å². The van der Waals surface area contributed by atoms with E-state index in [0.717, 1.165) is 13.0 Å². The van der Waals surface area contributed by atoms with Crippen LogP contribution in [-0.2, 0) is 6.42 Å². The van der Waals surface area contributed by atoms with Crippen LogP contribution in [0.3, 0.4) is 0 Å². The van der Waals surface area contributed by atoms with Crippen LogP contribution in [0, 0.1) is 5.41 Å². The van der Waals surface area contributed by atoms with E-state index < -0.39 is 0 Å². The molecule has 1 aliphatic carbocycles. The number of hydrogen-bond acceptors (Lipinski definition) is 2. The maximum absolute atomic E-state index is 3.63. The molecule has 0 amide bonds. The number of nitrogens with one attached hydrogen (secondary N) is 1. The zero-order chi connectivity index (χ0) is 12.6. The summed E-state index contributed by atoms with van der Waals surface area (Å²) in [5.74, 6) is 0. The molecule has 1 heterocycles. The Morgan fingerprint density at radius 2 is 2.00 bits per heavy atom. The Morgan fingerprint density at radius 3 is 2.61 bits per heavy atom. The van der Waals surface area contributed by atoms with Gasteiger partial charge < -0.3 is 10.2 Å². The highest BCUT2D eigenvalue weighted by molar-refractivity contribution is 5.49. The predicted octanol–water partition coefficient (Wildman–Crippen LogP) is 2.83. The van der Waals surface area contributed by atoms with Crippen molar-refractivity contribution in [3.8, 4) is 0 Å². The molecule has 1 unspecified atom stereocenters. The standard InChI is InChI=1S/C16H24N2/c1-3-14-4-6-15(7-5-14)18-12-16(8-9-16)11-17-10-13(18)2/h4-7,13,17H,3,8-12H2,1-2H3. The molecule has 0 aromatic heterocycles. The Hall–Kier alpha value is -1.02. The van der Waals surface area contributed by atoms with Gasteiger partial charge in [-0.1, -0.05) is 19.1 Å². The van der Waals surface area contributed by atoms with E-state index in [2.05, 4.69) is 48.3 Å². The van der Waals surface area contributed by atoms with Crippen LogP contribution in [0.1, 0.15) is 32.3 Å². The lowest BCUT2D eigenvalue weighted by atomic mass is 10.1. The van der Waals surface area contributed by atoms with Crippen LogP contribution >= 0.6 is 0 Å². The quantitative estimate of drug-likeness (QED) is 0.860. The van der Waals surface area contributed by atoms with E-state index in [1.54, 1.807) is 0 Å². The van der Waals surface area contributed by atoms with Gasteiger partial charge in [-0.25, -0.2) is 0 Å². The van der Waals surface area contributed by atoms with Crippen molar-refractivity contribution in [2.75, 3.05) is 24.5 Å². The van der Waals surface area contributed by atoms with Crippen LogP contribution in [0.25, 0.3) is 0 Å². The zero-order valence-electron chi connectivity index (χ0n) is 11.6. The van der Waals surface area contributed by atoms with Gasteiger partial charge in [0.05, 0.1) is 0 Å². The first kappa shape index (κ1) is 12.0. The van der Waals surface area contributed by atoms with Crippen LogP contribution in [-0.4, -0.2) is 25.7 Å². The van der Waals surface area contributed by atoms with Gasteiger partial charge in [-0.15, -0.1) is 0 Å². The highest BCUT2D eigenvalue weighted by Crippen LogP contribution is 2.47. The summed E-state index contributed by atoms with van der Waals surface area (Å²) >= 11 is 0. The summed E-state index contributed by atoms with van der Waals surface area (Å²) in [7, 11) is 0.